The summed E-state index contributed by atoms with van der Waals surface area (Å²) in [5, 5.41) is 0. The van der Waals surface area contributed by atoms with Crippen LogP contribution in [0.1, 0.15) is 48.4 Å². The van der Waals surface area contributed by atoms with Crippen LogP contribution in [0.2, 0.25) is 0 Å². The molecule has 5 amide bonds. The molecule has 0 spiro atoms. The molecule has 8 nitrogen and oxygen atoms in total. The second-order valence-corrected chi connectivity index (χ2v) is 6.51. The Morgan fingerprint density at radius 1 is 0.679 bits per heavy atom. The summed E-state index contributed by atoms with van der Waals surface area (Å²) in [4.78, 5) is 65.2. The third-order valence-electron chi connectivity index (χ3n) is 4.83. The van der Waals surface area contributed by atoms with Crippen molar-refractivity contribution in [1.82, 2.24) is 14.7 Å². The van der Waals surface area contributed by atoms with Gasteiger partial charge in [-0.05, 0) is 24.3 Å². The predicted molar refractivity (Wildman–Crippen MR) is 96.1 cm³/mol. The number of hydrogen-bond donors (Lipinski definition) is 0. The van der Waals surface area contributed by atoms with Crippen molar-refractivity contribution >= 4 is 29.5 Å². The third kappa shape index (κ3) is 2.58. The zero-order valence-corrected chi connectivity index (χ0v) is 14.9. The van der Waals surface area contributed by atoms with E-state index >= 15 is 0 Å². The first-order valence-electron chi connectivity index (χ1n) is 8.56. The summed E-state index contributed by atoms with van der Waals surface area (Å²) in [5.74, 6) is -2.56. The minimum atomic E-state index is -0.519. The Morgan fingerprint density at radius 2 is 0.964 bits per heavy atom. The standard InChI is InChI=1S/C20H15N3O5/c1-12(24)21(10-22-17(25)13-6-2-3-7-14(13)18(22)26)11-23-19(27)15-8-4-5-9-16(15)20(23)28/h2-9H,10-11H2,1H3. The molecule has 0 atom stereocenters. The second kappa shape index (κ2) is 6.41. The number of rotatable bonds is 4. The van der Waals surface area contributed by atoms with Gasteiger partial charge in [-0.2, -0.15) is 0 Å². The van der Waals surface area contributed by atoms with Crippen molar-refractivity contribution in [2.24, 2.45) is 0 Å². The molecule has 0 saturated carbocycles. The van der Waals surface area contributed by atoms with E-state index < -0.39 is 29.5 Å². The van der Waals surface area contributed by atoms with Gasteiger partial charge in [0.05, 0.1) is 22.3 Å². The van der Waals surface area contributed by atoms with E-state index in [9.17, 15) is 24.0 Å². The monoisotopic (exact) mass is 377 g/mol. The van der Waals surface area contributed by atoms with Crippen molar-refractivity contribution in [3.8, 4) is 0 Å². The molecule has 0 N–H and O–H groups in total. The molecule has 140 valence electrons. The fourth-order valence-corrected chi connectivity index (χ4v) is 3.32. The molecule has 0 bridgehead atoms. The van der Waals surface area contributed by atoms with E-state index in [2.05, 4.69) is 0 Å². The van der Waals surface area contributed by atoms with Gasteiger partial charge < -0.3 is 4.90 Å². The fraction of sp³-hybridized carbons (Fsp3) is 0.150. The maximum absolute atomic E-state index is 12.5. The summed E-state index contributed by atoms with van der Waals surface area (Å²) >= 11 is 0. The summed E-state index contributed by atoms with van der Waals surface area (Å²) in [6.45, 7) is 0.542. The average Bonchev–Trinajstić information content (AvgIpc) is 3.08. The van der Waals surface area contributed by atoms with Crippen LogP contribution in [0.25, 0.3) is 0 Å². The highest BCUT2D eigenvalue weighted by Gasteiger charge is 2.39. The van der Waals surface area contributed by atoms with Gasteiger partial charge in [-0.3, -0.25) is 33.8 Å². The highest BCUT2D eigenvalue weighted by atomic mass is 16.2. The van der Waals surface area contributed by atoms with Crippen molar-refractivity contribution in [3.63, 3.8) is 0 Å². The number of carbonyl (C=O) groups excluding carboxylic acids is 5. The molecule has 8 heteroatoms. The average molecular weight is 377 g/mol. The zero-order chi connectivity index (χ0) is 20.0. The minimum absolute atomic E-state index is 0.261. The van der Waals surface area contributed by atoms with Crippen LogP contribution in [0.15, 0.2) is 48.5 Å². The summed E-state index contributed by atoms with van der Waals surface area (Å²) < 4.78 is 0. The summed E-state index contributed by atoms with van der Waals surface area (Å²) in [7, 11) is 0. The maximum atomic E-state index is 12.5. The minimum Gasteiger partial charge on any atom is -0.306 e. The van der Waals surface area contributed by atoms with E-state index in [1.54, 1.807) is 24.3 Å². The van der Waals surface area contributed by atoms with Crippen LogP contribution in [0, 0.1) is 0 Å². The summed E-state index contributed by atoms with van der Waals surface area (Å²) in [6.07, 6.45) is 0. The highest BCUT2D eigenvalue weighted by molar-refractivity contribution is 6.22. The van der Waals surface area contributed by atoms with Crippen LogP contribution in [-0.2, 0) is 4.79 Å². The van der Waals surface area contributed by atoms with Crippen molar-refractivity contribution in [1.29, 1.82) is 0 Å². The first kappa shape index (κ1) is 17.6. The first-order chi connectivity index (χ1) is 13.4. The van der Waals surface area contributed by atoms with Crippen LogP contribution in [-0.4, -0.2) is 57.6 Å². The van der Waals surface area contributed by atoms with E-state index in [1.807, 2.05) is 0 Å². The molecule has 28 heavy (non-hydrogen) atoms. The van der Waals surface area contributed by atoms with Crippen LogP contribution in [0.5, 0.6) is 0 Å². The smallest absolute Gasteiger partial charge is 0.263 e. The summed E-state index contributed by atoms with van der Waals surface area (Å²) in [6, 6.07) is 12.7. The van der Waals surface area contributed by atoms with Gasteiger partial charge in [-0.25, -0.2) is 0 Å². The Kier molecular flexibility index (Phi) is 4.03. The van der Waals surface area contributed by atoms with E-state index in [0.29, 0.717) is 0 Å². The molecule has 2 heterocycles. The van der Waals surface area contributed by atoms with Gasteiger partial charge in [0.2, 0.25) is 5.91 Å². The molecule has 4 rings (SSSR count). The fourth-order valence-electron chi connectivity index (χ4n) is 3.32. The normalized spacial score (nSPS) is 15.2. The zero-order valence-electron chi connectivity index (χ0n) is 14.9. The molecule has 2 aromatic rings. The number of hydrogen-bond acceptors (Lipinski definition) is 5. The largest absolute Gasteiger partial charge is 0.306 e. The van der Waals surface area contributed by atoms with E-state index in [1.165, 1.54) is 31.2 Å². The van der Waals surface area contributed by atoms with Crippen molar-refractivity contribution in [2.75, 3.05) is 13.3 Å². The van der Waals surface area contributed by atoms with Gasteiger partial charge in [0.1, 0.15) is 13.3 Å². The molecule has 0 saturated heterocycles. The lowest BCUT2D eigenvalue weighted by Gasteiger charge is -2.29. The van der Waals surface area contributed by atoms with Crippen molar-refractivity contribution in [3.05, 3.63) is 70.8 Å². The van der Waals surface area contributed by atoms with Gasteiger partial charge in [0, 0.05) is 6.92 Å². The first-order valence-corrected chi connectivity index (χ1v) is 8.56. The molecule has 0 radical (unpaired) electrons. The van der Waals surface area contributed by atoms with Gasteiger partial charge in [0.25, 0.3) is 23.6 Å². The van der Waals surface area contributed by atoms with Crippen LogP contribution >= 0.6 is 0 Å². The Balaban J connectivity index is 1.56. The van der Waals surface area contributed by atoms with E-state index in [4.69, 9.17) is 0 Å². The van der Waals surface area contributed by atoms with Gasteiger partial charge >= 0.3 is 0 Å². The third-order valence-corrected chi connectivity index (χ3v) is 4.83. The van der Waals surface area contributed by atoms with Crippen molar-refractivity contribution in [2.45, 2.75) is 6.92 Å². The van der Waals surface area contributed by atoms with E-state index in [0.717, 1.165) is 14.7 Å². The van der Waals surface area contributed by atoms with Crippen LogP contribution in [0.3, 0.4) is 0 Å². The number of fused-ring (bicyclic) bond motifs is 2. The van der Waals surface area contributed by atoms with Crippen molar-refractivity contribution < 1.29 is 24.0 Å². The molecule has 0 unspecified atom stereocenters. The Bertz CT molecular complexity index is 914. The van der Waals surface area contributed by atoms with Gasteiger partial charge in [-0.1, -0.05) is 24.3 Å². The quantitative estimate of drug-likeness (QED) is 0.750. The molecular formula is C20H15N3O5. The molecule has 0 aliphatic carbocycles. The van der Waals surface area contributed by atoms with E-state index in [-0.39, 0.29) is 35.6 Å². The molecular weight excluding hydrogens is 362 g/mol. The number of benzene rings is 2. The second-order valence-electron chi connectivity index (χ2n) is 6.51. The number of nitrogens with zero attached hydrogens (tertiary/aromatic N) is 3. The lowest BCUT2D eigenvalue weighted by molar-refractivity contribution is -0.131. The molecule has 0 fully saturated rings. The Labute approximate surface area is 159 Å². The lowest BCUT2D eigenvalue weighted by Crippen LogP contribution is -2.49. The number of amides is 5. The Hall–Kier alpha value is -3.81. The highest BCUT2D eigenvalue weighted by Crippen LogP contribution is 2.25. The van der Waals surface area contributed by atoms with Gasteiger partial charge in [-0.15, -0.1) is 0 Å². The number of imide groups is 2. The Morgan fingerprint density at radius 3 is 1.21 bits per heavy atom. The van der Waals surface area contributed by atoms with Gasteiger partial charge in [0.15, 0.2) is 0 Å². The SMILES string of the molecule is CC(=O)N(CN1C(=O)c2ccccc2C1=O)CN1C(=O)c2ccccc2C1=O. The van der Waals surface area contributed by atoms with Crippen LogP contribution < -0.4 is 0 Å². The lowest BCUT2D eigenvalue weighted by atomic mass is 10.1. The molecule has 0 aromatic heterocycles. The van der Waals surface area contributed by atoms with Crippen LogP contribution in [0.4, 0.5) is 0 Å². The predicted octanol–water partition coefficient (Wildman–Crippen LogP) is 1.34. The summed E-state index contributed by atoms with van der Waals surface area (Å²) in [5.41, 5.74) is 1.04. The maximum Gasteiger partial charge on any atom is 0.263 e. The topological polar surface area (TPSA) is 95.1 Å². The molecule has 2 aromatic carbocycles. The number of carbonyl (C=O) groups is 5. The molecule has 2 aliphatic rings. The molecule has 2 aliphatic heterocycles.